The first kappa shape index (κ1) is 72.6. The highest BCUT2D eigenvalue weighted by atomic mass is 32.2. The van der Waals surface area contributed by atoms with Crippen molar-refractivity contribution in [2.45, 2.75) is 134 Å². The van der Waals surface area contributed by atoms with Crippen molar-refractivity contribution in [3.63, 3.8) is 0 Å². The molecular formula is C62H66N16O15S5. The summed E-state index contributed by atoms with van der Waals surface area (Å²) in [5.74, 6) is -9.97. The van der Waals surface area contributed by atoms with E-state index >= 15 is 0 Å². The molecule has 514 valence electrons. The molecule has 0 aliphatic carbocycles. The van der Waals surface area contributed by atoms with Crippen LogP contribution in [0.5, 0.6) is 0 Å². The van der Waals surface area contributed by atoms with Crippen LogP contribution in [-0.2, 0) is 43.8 Å². The van der Waals surface area contributed by atoms with Gasteiger partial charge in [-0.2, -0.15) is 0 Å². The summed E-state index contributed by atoms with van der Waals surface area (Å²) in [7, 11) is 0. The lowest BCUT2D eigenvalue weighted by Crippen LogP contribution is -2.57. The van der Waals surface area contributed by atoms with Gasteiger partial charge in [-0.1, -0.05) is 37.4 Å². The van der Waals surface area contributed by atoms with E-state index in [-0.39, 0.29) is 83.5 Å². The van der Waals surface area contributed by atoms with Crippen molar-refractivity contribution in [2.75, 3.05) is 5.75 Å². The molecule has 0 saturated carbocycles. The van der Waals surface area contributed by atoms with Crippen LogP contribution in [0.3, 0.4) is 0 Å². The van der Waals surface area contributed by atoms with E-state index in [0.717, 1.165) is 64.0 Å². The zero-order valence-corrected chi connectivity index (χ0v) is 57.6. The van der Waals surface area contributed by atoms with Crippen molar-refractivity contribution in [3.05, 3.63) is 142 Å². The minimum absolute atomic E-state index is 0.0156. The smallest absolute Gasteiger partial charge is 0.357 e. The molecule has 0 unspecified atom stereocenters. The molecule has 9 amide bonds. The molecule has 0 spiro atoms. The molecule has 1 aromatic carbocycles. The largest absolute Gasteiger partial charge is 0.455 e. The molecule has 3 aliphatic rings. The van der Waals surface area contributed by atoms with Crippen molar-refractivity contribution >= 4 is 144 Å². The van der Waals surface area contributed by atoms with Crippen LogP contribution in [0.15, 0.2) is 98.2 Å². The number of aromatic nitrogens is 5. The summed E-state index contributed by atoms with van der Waals surface area (Å²) < 4.78 is 6.15. The molecule has 13 N–H and O–H groups in total. The highest BCUT2D eigenvalue weighted by molar-refractivity contribution is 8.14. The van der Waals surface area contributed by atoms with Gasteiger partial charge in [-0.05, 0) is 79.0 Å². The summed E-state index contributed by atoms with van der Waals surface area (Å²) >= 11 is 4.74. The van der Waals surface area contributed by atoms with Gasteiger partial charge in [0.25, 0.3) is 35.4 Å². The molecule has 3 aliphatic heterocycles. The summed E-state index contributed by atoms with van der Waals surface area (Å²) in [6.45, 7) is 17.8. The number of thioether (sulfide) groups is 1. The fourth-order valence-electron chi connectivity index (χ4n) is 10.0. The quantitative estimate of drug-likeness (QED) is 0.0376. The van der Waals surface area contributed by atoms with Gasteiger partial charge in [0.1, 0.15) is 101 Å². The van der Waals surface area contributed by atoms with Gasteiger partial charge >= 0.3 is 5.97 Å². The minimum atomic E-state index is -2.13. The number of ketones is 1. The Balaban J connectivity index is 1.21. The number of fused-ring (bicyclic) bond motifs is 11. The lowest BCUT2D eigenvalue weighted by atomic mass is 9.80. The van der Waals surface area contributed by atoms with Crippen molar-refractivity contribution < 1.29 is 72.8 Å². The van der Waals surface area contributed by atoms with E-state index in [1.807, 2.05) is 0 Å². The first-order valence-corrected chi connectivity index (χ1v) is 34.4. The third kappa shape index (κ3) is 15.8. The summed E-state index contributed by atoms with van der Waals surface area (Å²) in [5, 5.41) is 61.0. The first-order chi connectivity index (χ1) is 46.3. The number of nitrogens with one attached hydrogen (secondary N) is 8. The molecule has 0 fully saturated rings. The Morgan fingerprint density at radius 3 is 2.20 bits per heavy atom. The zero-order chi connectivity index (χ0) is 71.4. The van der Waals surface area contributed by atoms with Gasteiger partial charge in [0, 0.05) is 39.6 Å². The van der Waals surface area contributed by atoms with Crippen LogP contribution in [0.25, 0.3) is 10.9 Å². The molecule has 0 saturated heterocycles. The number of carbonyl (C=O) groups is 11. The van der Waals surface area contributed by atoms with Crippen molar-refractivity contribution in [1.82, 2.24) is 67.5 Å². The van der Waals surface area contributed by atoms with Crippen molar-refractivity contribution in [1.29, 1.82) is 0 Å². The number of hydrogen-bond acceptors (Lipinski definition) is 27. The molecule has 98 heavy (non-hydrogen) atoms. The van der Waals surface area contributed by atoms with Crippen LogP contribution in [0.1, 0.15) is 166 Å². The number of primary amides is 1. The molecule has 6 aromatic rings. The summed E-state index contributed by atoms with van der Waals surface area (Å²) in [6.07, 6.45) is -2.68. The predicted octanol–water partition coefficient (Wildman–Crippen LogP) is 2.57. The number of amides is 9. The van der Waals surface area contributed by atoms with E-state index in [2.05, 4.69) is 75.6 Å². The van der Waals surface area contributed by atoms with Gasteiger partial charge in [0.15, 0.2) is 0 Å². The third-order valence-electron chi connectivity index (χ3n) is 15.8. The number of nitrogens with two attached hydrogens (primary N) is 1. The molecule has 31 nitrogen and oxygen atoms in total. The maximum atomic E-state index is 14.9. The predicted molar refractivity (Wildman–Crippen MR) is 361 cm³/mol. The number of Topliss-reactive ketones (excluding diaryl/α,β-unsaturated/α-hetero) is 1. The Morgan fingerprint density at radius 2 is 1.51 bits per heavy atom. The van der Waals surface area contributed by atoms with Gasteiger partial charge < -0.3 is 68.3 Å². The van der Waals surface area contributed by atoms with Gasteiger partial charge in [-0.15, -0.1) is 57.1 Å². The van der Waals surface area contributed by atoms with E-state index in [1.54, 1.807) is 31.2 Å². The summed E-state index contributed by atoms with van der Waals surface area (Å²) in [4.78, 5) is 183. The van der Waals surface area contributed by atoms with Crippen LogP contribution in [0.4, 0.5) is 0 Å². The first-order valence-electron chi connectivity index (χ1n) is 29.9. The number of rotatable bonds is 16. The highest BCUT2D eigenvalue weighted by Gasteiger charge is 2.51. The fraction of sp³-hybridized carbons (Fsp3) is 0.355. The molecule has 36 heteroatoms. The van der Waals surface area contributed by atoms with E-state index < -0.39 is 142 Å². The number of ether oxygens (including phenoxy) is 1. The Kier molecular flexibility index (Phi) is 22.2. The topological polar surface area (TPSA) is 469 Å². The maximum Gasteiger partial charge on any atom is 0.357 e. The standard InChI is InChI=1S/C62H66N16O15S5/c1-11-34-55-72-41(21-94-55)54(90)77-45(61(10,92)31(9)81)58-74-40(22-97-58)53(89)76-43(30(8)93-59(91)37-18-33(28(6)79)32-14-12-13-15-35(32)68-37)57-71-38(19-96-57)44-62(78-49(85)27(5)65-50(86)29(7)80,60-75-42(23-98-60)52(88)67-26(4)48(84)70-34)17-16-36(69-44)56-73-39(20-95-56)51(87)66-25(3)47(83)64-24(2)46(63)82/h11-15,18-20,22-23,26-28,30-31,41,43-45,79,81,92H,2-3,16-17,21H2,1,4-10H3,(H2,63,82)(H,64,83)(H,65,86)(H,66,87)(H,67,88)(H,70,84)(H,76,89)(H,77,90)(H,78,85)/b34-11-/t26-,27-,28-,30+,31+,41+,43-,44+,45+,61+,62+/m0/s1. The lowest BCUT2D eigenvalue weighted by molar-refractivity contribution is -0.138. The van der Waals surface area contributed by atoms with E-state index in [4.69, 9.17) is 25.4 Å². The number of hydrogen-bond donors (Lipinski definition) is 12. The van der Waals surface area contributed by atoms with E-state index in [9.17, 15) is 68.1 Å². The van der Waals surface area contributed by atoms with Crippen LogP contribution >= 0.6 is 57.1 Å². The third-order valence-corrected chi connectivity index (χ3v) is 20.7. The number of nitrogens with zero attached hydrogens (tertiary/aromatic N) is 7. The number of para-hydroxylation sites is 1. The normalized spacial score (nSPS) is 22.1. The van der Waals surface area contributed by atoms with Gasteiger partial charge in [0.2, 0.25) is 23.5 Å². The summed E-state index contributed by atoms with van der Waals surface area (Å²) in [5.41, 5.74) is 0.342. The molecule has 9 rings (SSSR count). The Labute approximate surface area is 578 Å². The summed E-state index contributed by atoms with van der Waals surface area (Å²) in [6, 6.07) is 0.00383. The number of carbonyl (C=O) groups excluding carboxylic acids is 11. The number of aliphatic hydroxyl groups excluding tert-OH is 2. The highest BCUT2D eigenvalue weighted by Crippen LogP contribution is 2.48. The van der Waals surface area contributed by atoms with Gasteiger partial charge in [-0.3, -0.25) is 57.9 Å². The molecule has 0 radical (unpaired) electrons. The second-order valence-electron chi connectivity index (χ2n) is 23.0. The van der Waals surface area contributed by atoms with Crippen LogP contribution in [-0.4, -0.2) is 158 Å². The molecule has 8 bridgehead atoms. The zero-order valence-electron chi connectivity index (χ0n) is 53.5. The number of esters is 1. The molecule has 8 heterocycles. The Morgan fingerprint density at radius 1 is 0.816 bits per heavy atom. The number of thiazole rings is 4. The van der Waals surface area contributed by atoms with Crippen LogP contribution in [0.2, 0.25) is 0 Å². The second kappa shape index (κ2) is 30.0. The molecular weight excluding hydrogens is 1370 g/mol. The van der Waals surface area contributed by atoms with E-state index in [0.29, 0.717) is 16.5 Å². The Hall–Kier alpha value is -9.69. The SMILES string of the molecule is C=C(NC(=O)C(=C)NC(=O)c1csc(C2=N[C@@H]3c4csc(n4)[C@H]([C@@H](C)OC(=O)c4cc([C@H](C)O)c5ccccc5n4)NC(=O)c4csc(n4)[C@H]([C@](C)(O)[C@@H](C)O)NC(=O)[C@H]4CSC(=N4)/C(=C/C)NC(=O)[C@H](C)NC(=O)c4csc(n4)[C@@]3(NC(=O)[C@H](C)NC(=O)C(C)=O)CC2)n1)C(N)=O. The van der Waals surface area contributed by atoms with Crippen LogP contribution < -0.4 is 48.3 Å². The second-order valence-corrected chi connectivity index (χ2v) is 27.5. The van der Waals surface area contributed by atoms with Gasteiger partial charge in [-0.25, -0.2) is 29.7 Å². The van der Waals surface area contributed by atoms with Crippen LogP contribution in [0, 0.1) is 0 Å². The molecule has 11 atom stereocenters. The van der Waals surface area contributed by atoms with Crippen molar-refractivity contribution in [2.24, 2.45) is 15.7 Å². The molecule has 5 aromatic heterocycles. The van der Waals surface area contributed by atoms with Gasteiger partial charge in [0.05, 0.1) is 46.2 Å². The van der Waals surface area contributed by atoms with E-state index in [1.165, 1.54) is 75.2 Å². The monoisotopic (exact) mass is 1430 g/mol. The van der Waals surface area contributed by atoms with Crippen molar-refractivity contribution in [3.8, 4) is 0 Å². The average molecular weight is 1440 g/mol. The Bertz CT molecular complexity index is 4380. The number of allylic oxidation sites excluding steroid dienone is 1. The lowest BCUT2D eigenvalue weighted by Gasteiger charge is -2.41. The minimum Gasteiger partial charge on any atom is -0.455 e. The maximum absolute atomic E-state index is 14.9. The number of pyridine rings is 1. The average Bonchev–Trinajstić information content (AvgIpc) is 1.40. The number of aliphatic hydroxyl groups is 3. The number of benzene rings is 1. The fourth-order valence-corrected chi connectivity index (χ4v) is 14.9. The number of aliphatic imine (C=N–C) groups is 2.